The van der Waals surface area contributed by atoms with Crippen LogP contribution in [0.3, 0.4) is 0 Å². The van der Waals surface area contributed by atoms with Crippen molar-refractivity contribution in [1.82, 2.24) is 5.32 Å². The summed E-state index contributed by atoms with van der Waals surface area (Å²) in [7, 11) is 2.99. The summed E-state index contributed by atoms with van der Waals surface area (Å²) in [4.78, 5) is 24.8. The average Bonchev–Trinajstić information content (AvgIpc) is 2.58. The van der Waals surface area contributed by atoms with Crippen LogP contribution in [0, 0.1) is 12.8 Å². The second-order valence-corrected chi connectivity index (χ2v) is 6.77. The summed E-state index contributed by atoms with van der Waals surface area (Å²) in [6.07, 6.45) is 3.33. The number of hydrogen-bond acceptors (Lipinski definition) is 4. The number of nitrogens with one attached hydrogen (secondary N) is 1. The molecule has 1 saturated carbocycles. The number of benzene rings is 1. The molecule has 1 aliphatic rings. The lowest BCUT2D eigenvalue weighted by Crippen LogP contribution is -2.57. The third-order valence-electron chi connectivity index (χ3n) is 4.98. The van der Waals surface area contributed by atoms with E-state index in [0.717, 1.165) is 29.7 Å². The van der Waals surface area contributed by atoms with Crippen LogP contribution in [-0.2, 0) is 20.7 Å². The maximum Gasteiger partial charge on any atom is 0.331 e. The fraction of sp³-hybridized carbons (Fsp3) is 0.579. The summed E-state index contributed by atoms with van der Waals surface area (Å²) < 4.78 is 10.2. The van der Waals surface area contributed by atoms with Crippen LogP contribution in [0.4, 0.5) is 0 Å². The van der Waals surface area contributed by atoms with Gasteiger partial charge in [0, 0.05) is 0 Å². The minimum Gasteiger partial charge on any atom is -0.497 e. The molecule has 24 heavy (non-hydrogen) atoms. The molecule has 0 saturated heterocycles. The molecule has 5 heteroatoms. The first-order valence-corrected chi connectivity index (χ1v) is 8.43. The van der Waals surface area contributed by atoms with Crippen LogP contribution in [-0.4, -0.2) is 31.6 Å². The topological polar surface area (TPSA) is 64.6 Å². The zero-order chi connectivity index (χ0) is 17.7. The average molecular weight is 333 g/mol. The van der Waals surface area contributed by atoms with Crippen molar-refractivity contribution in [3.05, 3.63) is 29.3 Å². The second kappa shape index (κ2) is 7.69. The Morgan fingerprint density at radius 1 is 1.25 bits per heavy atom. The van der Waals surface area contributed by atoms with E-state index in [1.165, 1.54) is 7.11 Å². The molecule has 5 nitrogen and oxygen atoms in total. The van der Waals surface area contributed by atoms with Crippen molar-refractivity contribution in [2.75, 3.05) is 14.2 Å². The molecule has 1 aromatic carbocycles. The molecule has 1 aliphatic carbocycles. The lowest BCUT2D eigenvalue weighted by molar-refractivity contribution is -0.153. The molecule has 0 radical (unpaired) electrons. The van der Waals surface area contributed by atoms with E-state index in [9.17, 15) is 9.59 Å². The number of hydrogen-bond donors (Lipinski definition) is 1. The van der Waals surface area contributed by atoms with E-state index >= 15 is 0 Å². The van der Waals surface area contributed by atoms with Crippen molar-refractivity contribution in [3.8, 4) is 5.75 Å². The Bertz CT molecular complexity index is 603. The molecule has 0 spiro atoms. The maximum atomic E-state index is 12.5. The molecule has 0 bridgehead atoms. The van der Waals surface area contributed by atoms with Crippen LogP contribution in [0.25, 0.3) is 0 Å². The summed E-state index contributed by atoms with van der Waals surface area (Å²) >= 11 is 0. The number of carbonyl (C=O) groups excluding carboxylic acids is 2. The number of amides is 1. The van der Waals surface area contributed by atoms with Gasteiger partial charge in [0.2, 0.25) is 5.91 Å². The van der Waals surface area contributed by atoms with E-state index in [1.807, 2.05) is 25.1 Å². The van der Waals surface area contributed by atoms with Gasteiger partial charge in [-0.25, -0.2) is 4.79 Å². The fourth-order valence-electron chi connectivity index (χ4n) is 3.31. The van der Waals surface area contributed by atoms with Crippen molar-refractivity contribution in [2.45, 2.75) is 51.5 Å². The fourth-order valence-corrected chi connectivity index (χ4v) is 3.31. The third kappa shape index (κ3) is 4.08. The van der Waals surface area contributed by atoms with E-state index in [0.29, 0.717) is 18.8 Å². The van der Waals surface area contributed by atoms with Crippen molar-refractivity contribution in [1.29, 1.82) is 0 Å². The van der Waals surface area contributed by atoms with Crippen molar-refractivity contribution >= 4 is 11.9 Å². The zero-order valence-corrected chi connectivity index (χ0v) is 15.0. The Labute approximate surface area is 143 Å². The number of aryl methyl sites for hydroxylation is 1. The highest BCUT2D eigenvalue weighted by atomic mass is 16.5. The summed E-state index contributed by atoms with van der Waals surface area (Å²) in [5.74, 6) is 0.852. The van der Waals surface area contributed by atoms with Gasteiger partial charge in [0.25, 0.3) is 0 Å². The van der Waals surface area contributed by atoms with Crippen molar-refractivity contribution in [2.24, 2.45) is 5.92 Å². The summed E-state index contributed by atoms with van der Waals surface area (Å²) in [5.41, 5.74) is 1.05. The first kappa shape index (κ1) is 18.3. The van der Waals surface area contributed by atoms with Crippen LogP contribution >= 0.6 is 0 Å². The molecule has 1 N–H and O–H groups in total. The van der Waals surface area contributed by atoms with Gasteiger partial charge in [-0.2, -0.15) is 0 Å². The number of carbonyl (C=O) groups is 2. The van der Waals surface area contributed by atoms with Crippen molar-refractivity contribution in [3.63, 3.8) is 0 Å². The molecule has 132 valence electrons. The summed E-state index contributed by atoms with van der Waals surface area (Å²) in [6, 6.07) is 5.64. The smallest absolute Gasteiger partial charge is 0.331 e. The predicted molar refractivity (Wildman–Crippen MR) is 92.0 cm³/mol. The Hall–Kier alpha value is -2.04. The molecule has 0 atom stereocenters. The van der Waals surface area contributed by atoms with Gasteiger partial charge in [0.1, 0.15) is 11.3 Å². The zero-order valence-electron chi connectivity index (χ0n) is 15.0. The van der Waals surface area contributed by atoms with Crippen molar-refractivity contribution < 1.29 is 19.1 Å². The summed E-state index contributed by atoms with van der Waals surface area (Å²) in [6.45, 7) is 4.12. The second-order valence-electron chi connectivity index (χ2n) is 6.77. The van der Waals surface area contributed by atoms with E-state index in [2.05, 4.69) is 12.2 Å². The highest BCUT2D eigenvalue weighted by Crippen LogP contribution is 2.33. The van der Waals surface area contributed by atoms with E-state index in [-0.39, 0.29) is 18.3 Å². The first-order chi connectivity index (χ1) is 11.4. The maximum absolute atomic E-state index is 12.5. The SMILES string of the molecule is COC(=O)C1(NC(=O)Cc2ccc(OC)cc2C)CCC(C)CC1. The quantitative estimate of drug-likeness (QED) is 0.842. The van der Waals surface area contributed by atoms with Gasteiger partial charge in [-0.05, 0) is 61.8 Å². The van der Waals surface area contributed by atoms with Gasteiger partial charge in [-0.1, -0.05) is 13.0 Å². The molecule has 0 heterocycles. The highest BCUT2D eigenvalue weighted by molar-refractivity contribution is 5.89. The first-order valence-electron chi connectivity index (χ1n) is 8.43. The third-order valence-corrected chi connectivity index (χ3v) is 4.98. The molecule has 0 aliphatic heterocycles. The van der Waals surface area contributed by atoms with Crippen LogP contribution in [0.1, 0.15) is 43.7 Å². The van der Waals surface area contributed by atoms with E-state index in [1.54, 1.807) is 7.11 Å². The number of esters is 1. The van der Waals surface area contributed by atoms with Crippen LogP contribution in [0.5, 0.6) is 5.75 Å². The minimum absolute atomic E-state index is 0.150. The highest BCUT2D eigenvalue weighted by Gasteiger charge is 2.43. The van der Waals surface area contributed by atoms with Gasteiger partial charge < -0.3 is 14.8 Å². The molecular weight excluding hydrogens is 306 g/mol. The Kier molecular flexibility index (Phi) is 5.86. The number of methoxy groups -OCH3 is 2. The molecular formula is C19H27NO4. The van der Waals surface area contributed by atoms with Gasteiger partial charge in [0.05, 0.1) is 20.6 Å². The van der Waals surface area contributed by atoms with Gasteiger partial charge in [-0.3, -0.25) is 4.79 Å². The lowest BCUT2D eigenvalue weighted by Gasteiger charge is -2.37. The van der Waals surface area contributed by atoms with Gasteiger partial charge >= 0.3 is 5.97 Å². The molecule has 0 unspecified atom stereocenters. The van der Waals surface area contributed by atoms with Crippen LogP contribution in [0.2, 0.25) is 0 Å². The molecule has 1 aromatic rings. The monoisotopic (exact) mass is 333 g/mol. The standard InChI is InChI=1S/C19H27NO4/c1-13-7-9-19(10-8-13,18(22)24-4)20-17(21)12-15-5-6-16(23-3)11-14(15)2/h5-6,11,13H,7-10,12H2,1-4H3,(H,20,21). The summed E-state index contributed by atoms with van der Waals surface area (Å²) in [5, 5.41) is 2.96. The molecule has 1 amide bonds. The van der Waals surface area contributed by atoms with Gasteiger partial charge in [-0.15, -0.1) is 0 Å². The van der Waals surface area contributed by atoms with Gasteiger partial charge in [0.15, 0.2) is 0 Å². The van der Waals surface area contributed by atoms with Crippen LogP contribution in [0.15, 0.2) is 18.2 Å². The Morgan fingerprint density at radius 3 is 2.46 bits per heavy atom. The largest absolute Gasteiger partial charge is 0.497 e. The molecule has 0 aromatic heterocycles. The number of ether oxygens (including phenoxy) is 2. The molecule has 2 rings (SSSR count). The van der Waals surface area contributed by atoms with E-state index in [4.69, 9.17) is 9.47 Å². The minimum atomic E-state index is -0.876. The number of rotatable bonds is 5. The van der Waals surface area contributed by atoms with Crippen LogP contribution < -0.4 is 10.1 Å². The Morgan fingerprint density at radius 2 is 1.92 bits per heavy atom. The Balaban J connectivity index is 2.09. The molecule has 1 fully saturated rings. The lowest BCUT2D eigenvalue weighted by atomic mass is 9.77. The normalized spacial score (nSPS) is 23.4. The predicted octanol–water partition coefficient (Wildman–Crippen LogP) is 2.78. The van der Waals surface area contributed by atoms with E-state index < -0.39 is 5.54 Å².